The molecule has 0 amide bonds. The number of ether oxygens (including phenoxy) is 1. The Hall–Kier alpha value is -3.43. The summed E-state index contributed by atoms with van der Waals surface area (Å²) in [4.78, 5) is 2.39. The Morgan fingerprint density at radius 2 is 2.09 bits per heavy atom. The average Bonchev–Trinajstić information content (AvgIpc) is 3.47. The van der Waals surface area contributed by atoms with E-state index >= 15 is 0 Å². The molecule has 2 N–H and O–H groups in total. The minimum Gasteiger partial charge on any atom is -0.473 e. The van der Waals surface area contributed by atoms with Gasteiger partial charge in [0.05, 0.1) is 47.5 Å². The van der Waals surface area contributed by atoms with E-state index in [-0.39, 0.29) is 12.7 Å². The first-order chi connectivity index (χ1) is 16.9. The van der Waals surface area contributed by atoms with Gasteiger partial charge >= 0.3 is 0 Å². The minimum atomic E-state index is -0.0702. The molecule has 0 saturated carbocycles. The highest BCUT2D eigenvalue weighted by molar-refractivity contribution is 5.93. The Morgan fingerprint density at radius 1 is 1.26 bits per heavy atom. The predicted molar refractivity (Wildman–Crippen MR) is 137 cm³/mol. The zero-order chi connectivity index (χ0) is 24.7. The van der Waals surface area contributed by atoms with Crippen molar-refractivity contribution in [1.29, 1.82) is 0 Å². The maximum absolute atomic E-state index is 9.67. The predicted octanol–water partition coefficient (Wildman–Crippen LogP) is 3.62. The number of aliphatic hydroxyl groups is 1. The lowest BCUT2D eigenvalue weighted by Gasteiger charge is -2.30. The molecule has 3 aromatic heterocycles. The van der Waals surface area contributed by atoms with Crippen LogP contribution >= 0.6 is 0 Å². The SMILES string of the molecule is Cc1nn(CCO)c2c1/C=C/c1[nH]nc3ccc(cc13)-c1cnn(C)c1OC(C)CN(C(C)C)C2. The van der Waals surface area contributed by atoms with Crippen molar-refractivity contribution in [2.24, 2.45) is 7.05 Å². The van der Waals surface area contributed by atoms with E-state index in [0.29, 0.717) is 19.1 Å². The van der Waals surface area contributed by atoms with Crippen molar-refractivity contribution in [2.45, 2.75) is 52.9 Å². The van der Waals surface area contributed by atoms with Crippen molar-refractivity contribution in [2.75, 3.05) is 13.2 Å². The summed E-state index contributed by atoms with van der Waals surface area (Å²) in [5.74, 6) is 0.748. The smallest absolute Gasteiger partial charge is 0.219 e. The van der Waals surface area contributed by atoms with Crippen molar-refractivity contribution in [3.05, 3.63) is 47.0 Å². The highest BCUT2D eigenvalue weighted by Gasteiger charge is 2.23. The molecule has 1 atom stereocenters. The Labute approximate surface area is 205 Å². The molecule has 4 heterocycles. The van der Waals surface area contributed by atoms with E-state index in [9.17, 15) is 5.11 Å². The molecule has 1 aromatic carbocycles. The van der Waals surface area contributed by atoms with Crippen molar-refractivity contribution < 1.29 is 9.84 Å². The Morgan fingerprint density at radius 3 is 2.86 bits per heavy atom. The van der Waals surface area contributed by atoms with Gasteiger partial charge in [0.1, 0.15) is 6.10 Å². The number of aromatic amines is 1. The second-order valence-corrected chi connectivity index (χ2v) is 9.53. The lowest BCUT2D eigenvalue weighted by molar-refractivity contribution is 0.109. The molecule has 1 unspecified atom stereocenters. The number of benzene rings is 1. The van der Waals surface area contributed by atoms with Crippen molar-refractivity contribution in [1.82, 2.24) is 34.7 Å². The molecule has 1 aliphatic heterocycles. The van der Waals surface area contributed by atoms with Crippen LogP contribution < -0.4 is 4.74 Å². The van der Waals surface area contributed by atoms with Gasteiger partial charge in [-0.05, 0) is 57.5 Å². The van der Waals surface area contributed by atoms with Gasteiger partial charge < -0.3 is 9.84 Å². The summed E-state index contributed by atoms with van der Waals surface area (Å²) in [6.07, 6.45) is 5.97. The molecule has 9 heteroatoms. The van der Waals surface area contributed by atoms with Gasteiger partial charge in [-0.1, -0.05) is 6.07 Å². The molecule has 1 aliphatic rings. The van der Waals surface area contributed by atoms with E-state index in [2.05, 4.69) is 65.3 Å². The molecule has 0 radical (unpaired) electrons. The summed E-state index contributed by atoms with van der Waals surface area (Å²) >= 11 is 0. The molecule has 5 rings (SSSR count). The lowest BCUT2D eigenvalue weighted by Crippen LogP contribution is -2.39. The number of hydrogen-bond donors (Lipinski definition) is 2. The molecule has 0 aliphatic carbocycles. The average molecular weight is 476 g/mol. The highest BCUT2D eigenvalue weighted by atomic mass is 16.5. The van der Waals surface area contributed by atoms with Gasteiger partial charge in [-0.15, -0.1) is 0 Å². The first-order valence-electron chi connectivity index (χ1n) is 12.1. The third-order valence-electron chi connectivity index (χ3n) is 6.68. The van der Waals surface area contributed by atoms with Crippen LogP contribution in [0.25, 0.3) is 34.2 Å². The van der Waals surface area contributed by atoms with Crippen molar-refractivity contribution >= 4 is 23.1 Å². The van der Waals surface area contributed by atoms with Gasteiger partial charge in [0.25, 0.3) is 0 Å². The number of nitrogens with one attached hydrogen (secondary N) is 1. The van der Waals surface area contributed by atoms with Gasteiger partial charge in [0.2, 0.25) is 5.88 Å². The van der Waals surface area contributed by atoms with Crippen LogP contribution in [0.3, 0.4) is 0 Å². The zero-order valence-corrected chi connectivity index (χ0v) is 21.0. The fourth-order valence-corrected chi connectivity index (χ4v) is 4.77. The van der Waals surface area contributed by atoms with E-state index in [1.165, 1.54) is 0 Å². The number of H-pyrrole nitrogens is 1. The topological polar surface area (TPSA) is 97.0 Å². The normalized spacial score (nSPS) is 17.7. The lowest BCUT2D eigenvalue weighted by atomic mass is 10.0. The first kappa shape index (κ1) is 23.3. The maximum Gasteiger partial charge on any atom is 0.219 e. The quantitative estimate of drug-likeness (QED) is 0.470. The molecule has 2 bridgehead atoms. The fraction of sp³-hybridized carbons (Fsp3) is 0.423. The second kappa shape index (κ2) is 9.31. The molecule has 4 aromatic rings. The third-order valence-corrected chi connectivity index (χ3v) is 6.68. The van der Waals surface area contributed by atoms with E-state index < -0.39 is 0 Å². The van der Waals surface area contributed by atoms with Crippen molar-refractivity contribution in [3.8, 4) is 17.0 Å². The molecule has 184 valence electrons. The van der Waals surface area contributed by atoms with E-state index in [1.54, 1.807) is 4.68 Å². The molecular weight excluding hydrogens is 442 g/mol. The summed E-state index contributed by atoms with van der Waals surface area (Å²) < 4.78 is 10.2. The van der Waals surface area contributed by atoms with Gasteiger partial charge in [-0.3, -0.25) is 14.7 Å². The van der Waals surface area contributed by atoms with E-state index in [0.717, 1.165) is 57.1 Å². The van der Waals surface area contributed by atoms with Crippen LogP contribution in [0.2, 0.25) is 0 Å². The number of nitrogens with zero attached hydrogens (tertiary/aromatic N) is 6. The Kier molecular flexibility index (Phi) is 6.21. The summed E-state index contributed by atoms with van der Waals surface area (Å²) in [5.41, 5.74) is 6.90. The summed E-state index contributed by atoms with van der Waals surface area (Å²) in [6.45, 7) is 10.4. The number of fused-ring (bicyclic) bond motifs is 4. The van der Waals surface area contributed by atoms with Gasteiger partial charge in [-0.25, -0.2) is 4.68 Å². The zero-order valence-electron chi connectivity index (χ0n) is 21.0. The highest BCUT2D eigenvalue weighted by Crippen LogP contribution is 2.33. The Bertz CT molecular complexity index is 1380. The standard InChI is InChI=1S/C26H33N7O2/c1-16(2)32-14-17(3)35-26-22(13-27-31(26)5)19-6-8-23-21(12-19)24(29-28-23)9-7-20-18(4)30-33(10-11-34)25(20)15-32/h6-9,12-13,16-17,34H,10-11,14-15H2,1-5H3,(H,28,29)/b9-7+. The molecule has 0 spiro atoms. The Balaban J connectivity index is 1.70. The summed E-state index contributed by atoms with van der Waals surface area (Å²) in [5, 5.41) is 27.6. The summed E-state index contributed by atoms with van der Waals surface area (Å²) in [6, 6.07) is 6.51. The molecule has 0 saturated heterocycles. The van der Waals surface area contributed by atoms with Crippen LogP contribution in [0.15, 0.2) is 24.4 Å². The van der Waals surface area contributed by atoms with Crippen LogP contribution in [-0.4, -0.2) is 65.1 Å². The van der Waals surface area contributed by atoms with Gasteiger partial charge in [-0.2, -0.15) is 15.3 Å². The van der Waals surface area contributed by atoms with Gasteiger partial charge in [0, 0.05) is 37.1 Å². The van der Waals surface area contributed by atoms with Crippen LogP contribution in [0.4, 0.5) is 0 Å². The number of aryl methyl sites for hydroxylation is 2. The van der Waals surface area contributed by atoms with Crippen LogP contribution in [0.1, 0.15) is 43.4 Å². The largest absolute Gasteiger partial charge is 0.473 e. The van der Waals surface area contributed by atoms with Crippen LogP contribution in [0.5, 0.6) is 5.88 Å². The number of aliphatic hydroxyl groups excluding tert-OH is 1. The molecule has 9 nitrogen and oxygen atoms in total. The van der Waals surface area contributed by atoms with Gasteiger partial charge in [0.15, 0.2) is 0 Å². The molecular formula is C26H33N7O2. The number of rotatable bonds is 3. The summed E-state index contributed by atoms with van der Waals surface area (Å²) in [7, 11) is 1.91. The van der Waals surface area contributed by atoms with Crippen LogP contribution in [0, 0.1) is 6.92 Å². The van der Waals surface area contributed by atoms with E-state index in [1.807, 2.05) is 30.9 Å². The minimum absolute atomic E-state index is 0.0374. The van der Waals surface area contributed by atoms with E-state index in [4.69, 9.17) is 9.84 Å². The fourth-order valence-electron chi connectivity index (χ4n) is 4.77. The second-order valence-electron chi connectivity index (χ2n) is 9.53. The third kappa shape index (κ3) is 4.37. The van der Waals surface area contributed by atoms with Crippen LogP contribution in [-0.2, 0) is 20.1 Å². The number of hydrogen-bond acceptors (Lipinski definition) is 6. The maximum atomic E-state index is 9.67. The van der Waals surface area contributed by atoms with Crippen molar-refractivity contribution in [3.63, 3.8) is 0 Å². The monoisotopic (exact) mass is 475 g/mol. The molecule has 0 fully saturated rings. The first-order valence-corrected chi connectivity index (χ1v) is 12.1. The molecule has 35 heavy (non-hydrogen) atoms. The number of aromatic nitrogens is 6.